The molecule has 0 spiro atoms. The first-order valence-electron chi connectivity index (χ1n) is 9.02. The number of esters is 1. The van der Waals surface area contributed by atoms with Gasteiger partial charge in [-0.15, -0.1) is 0 Å². The second-order valence-electron chi connectivity index (χ2n) is 6.88. The van der Waals surface area contributed by atoms with Crippen LogP contribution in [-0.2, 0) is 11.2 Å². The van der Waals surface area contributed by atoms with Gasteiger partial charge in [0.2, 0.25) is 0 Å². The van der Waals surface area contributed by atoms with Crippen molar-refractivity contribution in [2.24, 2.45) is 0 Å². The molecule has 1 aliphatic rings. The molecule has 3 aromatic rings. The van der Waals surface area contributed by atoms with Crippen molar-refractivity contribution in [3.05, 3.63) is 77.1 Å². The standard InChI is InChI=1S/C22H17FO7/c23-13-4-1-11(2-5-13)22(28)30-20-10-15-17(26)8-14(24)9-19(15)29-21(20)12-3-6-16(25)18(27)7-12/h1-9,20-21,24-27H,10H2. The Morgan fingerprint density at radius 2 is 1.67 bits per heavy atom. The lowest BCUT2D eigenvalue weighted by molar-refractivity contribution is -0.0188. The maximum atomic E-state index is 13.1. The highest BCUT2D eigenvalue weighted by Gasteiger charge is 2.36. The highest BCUT2D eigenvalue weighted by molar-refractivity contribution is 5.89. The van der Waals surface area contributed by atoms with E-state index < -0.39 is 24.0 Å². The number of hydrogen-bond acceptors (Lipinski definition) is 7. The van der Waals surface area contributed by atoms with Gasteiger partial charge in [0.15, 0.2) is 17.6 Å². The van der Waals surface area contributed by atoms with Crippen molar-refractivity contribution in [2.45, 2.75) is 18.6 Å². The number of ether oxygens (including phenoxy) is 2. The number of carbonyl (C=O) groups excluding carboxylic acids is 1. The first kappa shape index (κ1) is 19.4. The Morgan fingerprint density at radius 3 is 2.37 bits per heavy atom. The molecule has 1 aliphatic heterocycles. The van der Waals surface area contributed by atoms with Crippen LogP contribution < -0.4 is 4.74 Å². The third-order valence-corrected chi connectivity index (χ3v) is 4.83. The summed E-state index contributed by atoms with van der Waals surface area (Å²) in [6.45, 7) is 0. The highest BCUT2D eigenvalue weighted by atomic mass is 19.1. The largest absolute Gasteiger partial charge is 0.508 e. The summed E-state index contributed by atoms with van der Waals surface area (Å²) < 4.78 is 24.6. The normalized spacial score (nSPS) is 17.6. The Labute approximate surface area is 170 Å². The lowest BCUT2D eigenvalue weighted by atomic mass is 9.93. The van der Waals surface area contributed by atoms with E-state index in [0.29, 0.717) is 11.1 Å². The van der Waals surface area contributed by atoms with Gasteiger partial charge in [-0.05, 0) is 36.4 Å². The fourth-order valence-electron chi connectivity index (χ4n) is 3.34. The first-order valence-corrected chi connectivity index (χ1v) is 9.02. The van der Waals surface area contributed by atoms with Crippen LogP contribution in [0.25, 0.3) is 0 Å². The van der Waals surface area contributed by atoms with Crippen molar-refractivity contribution in [3.63, 3.8) is 0 Å². The van der Waals surface area contributed by atoms with E-state index in [2.05, 4.69) is 0 Å². The van der Waals surface area contributed by atoms with Crippen molar-refractivity contribution in [1.29, 1.82) is 0 Å². The van der Waals surface area contributed by atoms with Gasteiger partial charge in [0, 0.05) is 29.7 Å². The number of phenolic OH excluding ortho intramolecular Hbond substituents is 4. The molecule has 2 unspecified atom stereocenters. The van der Waals surface area contributed by atoms with Crippen LogP contribution >= 0.6 is 0 Å². The minimum Gasteiger partial charge on any atom is -0.508 e. The topological polar surface area (TPSA) is 116 Å². The monoisotopic (exact) mass is 412 g/mol. The zero-order chi connectivity index (χ0) is 21.4. The van der Waals surface area contributed by atoms with Gasteiger partial charge in [0.25, 0.3) is 0 Å². The molecular formula is C22H17FO7. The maximum absolute atomic E-state index is 13.1. The Balaban J connectivity index is 1.71. The fraction of sp³-hybridized carbons (Fsp3) is 0.136. The minimum atomic E-state index is -0.922. The summed E-state index contributed by atoms with van der Waals surface area (Å²) in [7, 11) is 0. The lowest BCUT2D eigenvalue weighted by Gasteiger charge is -2.34. The predicted molar refractivity (Wildman–Crippen MR) is 102 cm³/mol. The summed E-state index contributed by atoms with van der Waals surface area (Å²) in [6, 6.07) is 11.3. The molecule has 4 N–H and O–H groups in total. The number of carbonyl (C=O) groups is 1. The average Bonchev–Trinajstić information content (AvgIpc) is 2.70. The van der Waals surface area contributed by atoms with Gasteiger partial charge >= 0.3 is 5.97 Å². The van der Waals surface area contributed by atoms with Gasteiger partial charge < -0.3 is 29.9 Å². The molecule has 2 atom stereocenters. The molecule has 3 aromatic carbocycles. The van der Waals surface area contributed by atoms with Crippen molar-refractivity contribution in [3.8, 4) is 28.7 Å². The van der Waals surface area contributed by atoms with E-state index >= 15 is 0 Å². The van der Waals surface area contributed by atoms with E-state index in [1.807, 2.05) is 0 Å². The van der Waals surface area contributed by atoms with Crippen LogP contribution in [0.1, 0.15) is 27.6 Å². The van der Waals surface area contributed by atoms with Crippen LogP contribution in [-0.4, -0.2) is 32.5 Å². The summed E-state index contributed by atoms with van der Waals surface area (Å²) in [5.74, 6) is -2.17. The summed E-state index contributed by atoms with van der Waals surface area (Å²) >= 11 is 0. The molecule has 4 rings (SSSR count). The summed E-state index contributed by atoms with van der Waals surface area (Å²) in [4.78, 5) is 12.6. The Kier molecular flexibility index (Phi) is 4.83. The Hall–Kier alpha value is -3.94. The van der Waals surface area contributed by atoms with E-state index in [4.69, 9.17) is 9.47 Å². The second kappa shape index (κ2) is 7.47. The molecular weight excluding hydrogens is 395 g/mol. The predicted octanol–water partition coefficient (Wildman–Crippen LogP) is 3.55. The molecule has 154 valence electrons. The minimum absolute atomic E-state index is 0.0562. The molecule has 8 heteroatoms. The lowest BCUT2D eigenvalue weighted by Crippen LogP contribution is -2.34. The molecule has 0 saturated heterocycles. The number of halogens is 1. The summed E-state index contributed by atoms with van der Waals surface area (Å²) in [5.41, 5.74) is 0.865. The van der Waals surface area contributed by atoms with E-state index in [1.165, 1.54) is 36.4 Å². The molecule has 0 amide bonds. The van der Waals surface area contributed by atoms with Gasteiger partial charge in [0.05, 0.1) is 5.56 Å². The van der Waals surface area contributed by atoms with Crippen molar-refractivity contribution >= 4 is 5.97 Å². The van der Waals surface area contributed by atoms with Gasteiger partial charge in [0.1, 0.15) is 29.2 Å². The van der Waals surface area contributed by atoms with Gasteiger partial charge in [-0.25, -0.2) is 9.18 Å². The van der Waals surface area contributed by atoms with Crippen LogP contribution in [0.15, 0.2) is 54.6 Å². The number of rotatable bonds is 3. The summed E-state index contributed by atoms with van der Waals surface area (Å²) in [6.07, 6.45) is -1.77. The number of hydrogen-bond donors (Lipinski definition) is 4. The molecule has 0 bridgehead atoms. The van der Waals surface area contributed by atoms with Gasteiger partial charge in [-0.3, -0.25) is 0 Å². The van der Waals surface area contributed by atoms with Crippen LogP contribution in [0.2, 0.25) is 0 Å². The SMILES string of the molecule is O=C(OC1Cc2c(O)cc(O)cc2OC1c1ccc(O)c(O)c1)c1ccc(F)cc1. The van der Waals surface area contributed by atoms with E-state index in [-0.39, 0.29) is 40.7 Å². The highest BCUT2D eigenvalue weighted by Crippen LogP contribution is 2.43. The Bertz CT molecular complexity index is 1110. The van der Waals surface area contributed by atoms with E-state index in [9.17, 15) is 29.6 Å². The number of phenols is 4. The zero-order valence-electron chi connectivity index (χ0n) is 15.4. The average molecular weight is 412 g/mol. The van der Waals surface area contributed by atoms with Crippen LogP contribution in [0.3, 0.4) is 0 Å². The molecule has 0 saturated carbocycles. The zero-order valence-corrected chi connectivity index (χ0v) is 15.4. The van der Waals surface area contributed by atoms with Crippen LogP contribution in [0.4, 0.5) is 4.39 Å². The molecule has 1 heterocycles. The van der Waals surface area contributed by atoms with Gasteiger partial charge in [-0.1, -0.05) is 6.07 Å². The molecule has 7 nitrogen and oxygen atoms in total. The van der Waals surface area contributed by atoms with Crippen molar-refractivity contribution < 1.29 is 39.1 Å². The van der Waals surface area contributed by atoms with E-state index in [1.54, 1.807) is 0 Å². The molecule has 0 aromatic heterocycles. The summed E-state index contributed by atoms with van der Waals surface area (Å²) in [5, 5.41) is 39.4. The number of benzene rings is 3. The maximum Gasteiger partial charge on any atom is 0.338 e. The Morgan fingerprint density at radius 1 is 0.933 bits per heavy atom. The van der Waals surface area contributed by atoms with Crippen molar-refractivity contribution in [1.82, 2.24) is 0 Å². The quantitative estimate of drug-likeness (QED) is 0.384. The molecule has 0 fully saturated rings. The molecule has 0 radical (unpaired) electrons. The third-order valence-electron chi connectivity index (χ3n) is 4.83. The fourth-order valence-corrected chi connectivity index (χ4v) is 3.34. The van der Waals surface area contributed by atoms with Crippen molar-refractivity contribution in [2.75, 3.05) is 0 Å². The smallest absolute Gasteiger partial charge is 0.338 e. The van der Waals surface area contributed by atoms with Crippen LogP contribution in [0.5, 0.6) is 28.7 Å². The van der Waals surface area contributed by atoms with Crippen LogP contribution in [0, 0.1) is 5.82 Å². The van der Waals surface area contributed by atoms with E-state index in [0.717, 1.165) is 18.2 Å². The first-order chi connectivity index (χ1) is 14.3. The molecule has 0 aliphatic carbocycles. The third kappa shape index (κ3) is 3.67. The molecule has 30 heavy (non-hydrogen) atoms. The second-order valence-corrected chi connectivity index (χ2v) is 6.88. The number of fused-ring (bicyclic) bond motifs is 1. The number of aromatic hydroxyl groups is 4. The van der Waals surface area contributed by atoms with Gasteiger partial charge in [-0.2, -0.15) is 0 Å².